The highest BCUT2D eigenvalue weighted by atomic mass is 32.2. The third kappa shape index (κ3) is 3.01. The third-order valence-electron chi connectivity index (χ3n) is 3.19. The van der Waals surface area contributed by atoms with Crippen molar-refractivity contribution in [3.05, 3.63) is 40.7 Å². The lowest BCUT2D eigenvalue weighted by Crippen LogP contribution is -2.26. The normalized spacial score (nSPS) is 12.1. The van der Waals surface area contributed by atoms with Gasteiger partial charge in [0, 0.05) is 13.0 Å². The quantitative estimate of drug-likeness (QED) is 0.758. The minimum Gasteiger partial charge on any atom is -0.211 e. The number of nitrogens with one attached hydrogen (secondary N) is 1. The van der Waals surface area contributed by atoms with E-state index in [1.807, 2.05) is 19.1 Å². The molecule has 9 heteroatoms. The van der Waals surface area contributed by atoms with Gasteiger partial charge in [0.15, 0.2) is 0 Å². The van der Waals surface area contributed by atoms with Crippen molar-refractivity contribution in [2.45, 2.75) is 25.2 Å². The fourth-order valence-corrected chi connectivity index (χ4v) is 4.24. The number of aromatic nitrogens is 4. The van der Waals surface area contributed by atoms with E-state index in [2.05, 4.69) is 20.0 Å². The summed E-state index contributed by atoms with van der Waals surface area (Å²) in [6, 6.07) is 5.39. The van der Waals surface area contributed by atoms with E-state index < -0.39 is 10.0 Å². The Labute approximate surface area is 132 Å². The van der Waals surface area contributed by atoms with Crippen molar-refractivity contribution in [3.63, 3.8) is 0 Å². The molecule has 3 aromatic rings. The SMILES string of the molecule is Cc1ccc(C)c(S(=O)(=O)NCCc2nn3cnnc3s2)c1. The van der Waals surface area contributed by atoms with E-state index in [1.165, 1.54) is 17.7 Å². The second-order valence-corrected chi connectivity index (χ2v) is 7.75. The van der Waals surface area contributed by atoms with E-state index in [4.69, 9.17) is 0 Å². The number of hydrogen-bond acceptors (Lipinski definition) is 6. The van der Waals surface area contributed by atoms with Crippen LogP contribution in [0.25, 0.3) is 4.96 Å². The number of nitrogens with zero attached hydrogens (tertiary/aromatic N) is 4. The van der Waals surface area contributed by atoms with E-state index in [-0.39, 0.29) is 0 Å². The minimum atomic E-state index is -3.51. The Morgan fingerprint density at radius 3 is 2.91 bits per heavy atom. The Hall–Kier alpha value is -1.84. The van der Waals surface area contributed by atoms with Crippen molar-refractivity contribution < 1.29 is 8.42 Å². The fourth-order valence-electron chi connectivity index (χ4n) is 2.07. The van der Waals surface area contributed by atoms with Crippen LogP contribution < -0.4 is 4.72 Å². The zero-order chi connectivity index (χ0) is 15.7. The number of sulfonamides is 1. The van der Waals surface area contributed by atoms with Crippen LogP contribution in [-0.2, 0) is 16.4 Å². The first kappa shape index (κ1) is 15.1. The molecule has 116 valence electrons. The van der Waals surface area contributed by atoms with Gasteiger partial charge in [0.05, 0.1) is 4.90 Å². The number of hydrogen-bond donors (Lipinski definition) is 1. The highest BCUT2D eigenvalue weighted by Gasteiger charge is 2.16. The molecule has 0 unspecified atom stereocenters. The maximum absolute atomic E-state index is 12.4. The van der Waals surface area contributed by atoms with Crippen molar-refractivity contribution in [2.75, 3.05) is 6.54 Å². The Balaban J connectivity index is 1.69. The molecule has 0 saturated heterocycles. The van der Waals surface area contributed by atoms with Crippen LogP contribution in [0.2, 0.25) is 0 Å². The highest BCUT2D eigenvalue weighted by molar-refractivity contribution is 7.89. The number of aryl methyl sites for hydroxylation is 2. The zero-order valence-corrected chi connectivity index (χ0v) is 13.8. The van der Waals surface area contributed by atoms with Gasteiger partial charge in [-0.2, -0.15) is 9.61 Å². The summed E-state index contributed by atoms with van der Waals surface area (Å²) >= 11 is 1.40. The van der Waals surface area contributed by atoms with Crippen molar-refractivity contribution in [2.24, 2.45) is 0 Å². The molecule has 7 nitrogen and oxygen atoms in total. The van der Waals surface area contributed by atoms with Crippen LogP contribution in [0.3, 0.4) is 0 Å². The molecule has 3 rings (SSSR count). The highest BCUT2D eigenvalue weighted by Crippen LogP contribution is 2.17. The minimum absolute atomic E-state index is 0.291. The predicted octanol–water partition coefficient (Wildman–Crippen LogP) is 1.32. The average Bonchev–Trinajstić information content (AvgIpc) is 3.02. The van der Waals surface area contributed by atoms with Gasteiger partial charge in [-0.25, -0.2) is 13.1 Å². The monoisotopic (exact) mass is 337 g/mol. The molecule has 1 aromatic carbocycles. The lowest BCUT2D eigenvalue weighted by atomic mass is 10.2. The van der Waals surface area contributed by atoms with Gasteiger partial charge in [-0.05, 0) is 31.0 Å². The Morgan fingerprint density at radius 2 is 2.14 bits per heavy atom. The van der Waals surface area contributed by atoms with Crippen LogP contribution >= 0.6 is 11.3 Å². The number of fused-ring (bicyclic) bond motifs is 1. The summed E-state index contributed by atoms with van der Waals surface area (Å²) in [6.45, 7) is 3.95. The Bertz CT molecular complexity index is 885. The summed E-state index contributed by atoms with van der Waals surface area (Å²) < 4.78 is 28.9. The van der Waals surface area contributed by atoms with Gasteiger partial charge < -0.3 is 0 Å². The summed E-state index contributed by atoms with van der Waals surface area (Å²) in [6.07, 6.45) is 2.04. The van der Waals surface area contributed by atoms with E-state index in [0.29, 0.717) is 22.8 Å². The Morgan fingerprint density at radius 1 is 1.32 bits per heavy atom. The first-order chi connectivity index (χ1) is 10.5. The van der Waals surface area contributed by atoms with E-state index in [1.54, 1.807) is 17.5 Å². The van der Waals surface area contributed by atoms with Gasteiger partial charge in [0.25, 0.3) is 0 Å². The van der Waals surface area contributed by atoms with Gasteiger partial charge in [-0.3, -0.25) is 0 Å². The van der Waals surface area contributed by atoms with Gasteiger partial charge in [0.1, 0.15) is 11.3 Å². The molecule has 0 spiro atoms. The van der Waals surface area contributed by atoms with Gasteiger partial charge in [0.2, 0.25) is 15.0 Å². The fraction of sp³-hybridized carbons (Fsp3) is 0.308. The molecule has 0 amide bonds. The molecular weight excluding hydrogens is 322 g/mol. The summed E-state index contributed by atoms with van der Waals surface area (Å²) in [5.41, 5.74) is 1.65. The summed E-state index contributed by atoms with van der Waals surface area (Å²) in [7, 11) is -3.51. The van der Waals surface area contributed by atoms with E-state index in [9.17, 15) is 8.42 Å². The largest absolute Gasteiger partial charge is 0.240 e. The molecule has 0 aliphatic rings. The van der Waals surface area contributed by atoms with Gasteiger partial charge in [-0.15, -0.1) is 10.2 Å². The molecule has 2 heterocycles. The standard InChI is InChI=1S/C13H15N5O2S2/c1-9-3-4-10(2)11(7-9)22(19,20)15-6-5-12-17-18-8-14-16-13(18)21-12/h3-4,7-8,15H,5-6H2,1-2H3. The Kier molecular flexibility index (Phi) is 3.94. The molecular formula is C13H15N5O2S2. The lowest BCUT2D eigenvalue weighted by Gasteiger charge is -2.09. The zero-order valence-electron chi connectivity index (χ0n) is 12.1. The molecule has 0 aliphatic heterocycles. The first-order valence-electron chi connectivity index (χ1n) is 6.68. The maximum atomic E-state index is 12.4. The van der Waals surface area contributed by atoms with Gasteiger partial charge >= 0.3 is 0 Å². The topological polar surface area (TPSA) is 89.2 Å². The van der Waals surface area contributed by atoms with Crippen LogP contribution in [0.4, 0.5) is 0 Å². The molecule has 1 N–H and O–H groups in total. The third-order valence-corrected chi connectivity index (χ3v) is 5.77. The van der Waals surface area contributed by atoms with E-state index in [0.717, 1.165) is 16.1 Å². The molecule has 0 bridgehead atoms. The van der Waals surface area contributed by atoms with Crippen LogP contribution in [0, 0.1) is 13.8 Å². The molecule has 2 aromatic heterocycles. The van der Waals surface area contributed by atoms with Crippen LogP contribution in [0.15, 0.2) is 29.4 Å². The molecule has 0 saturated carbocycles. The number of rotatable bonds is 5. The second-order valence-electron chi connectivity index (χ2n) is 4.97. The van der Waals surface area contributed by atoms with Crippen LogP contribution in [0.1, 0.15) is 16.1 Å². The van der Waals surface area contributed by atoms with Crippen molar-refractivity contribution in [3.8, 4) is 0 Å². The smallest absolute Gasteiger partial charge is 0.211 e. The van der Waals surface area contributed by atoms with Crippen molar-refractivity contribution in [1.29, 1.82) is 0 Å². The van der Waals surface area contributed by atoms with E-state index >= 15 is 0 Å². The van der Waals surface area contributed by atoms with Crippen LogP contribution in [-0.4, -0.2) is 34.8 Å². The summed E-state index contributed by atoms with van der Waals surface area (Å²) in [5, 5.41) is 12.7. The van der Waals surface area contributed by atoms with Crippen LogP contribution in [0.5, 0.6) is 0 Å². The van der Waals surface area contributed by atoms with Crippen molar-refractivity contribution >= 4 is 26.3 Å². The second kappa shape index (κ2) is 5.75. The predicted molar refractivity (Wildman–Crippen MR) is 83.5 cm³/mol. The molecule has 0 aliphatic carbocycles. The molecule has 22 heavy (non-hydrogen) atoms. The molecule has 0 fully saturated rings. The van der Waals surface area contributed by atoms with Crippen molar-refractivity contribution in [1.82, 2.24) is 24.5 Å². The summed E-state index contributed by atoms with van der Waals surface area (Å²) in [4.78, 5) is 1.03. The average molecular weight is 337 g/mol. The first-order valence-corrected chi connectivity index (χ1v) is 8.98. The van der Waals surface area contributed by atoms with Gasteiger partial charge in [-0.1, -0.05) is 23.5 Å². The maximum Gasteiger partial charge on any atom is 0.240 e. The lowest BCUT2D eigenvalue weighted by molar-refractivity contribution is 0.580. The molecule has 0 radical (unpaired) electrons. The summed E-state index contributed by atoms with van der Waals surface area (Å²) in [5.74, 6) is 0. The molecule has 0 atom stereocenters. The number of benzene rings is 1.